The van der Waals surface area contributed by atoms with Crippen LogP contribution in [-0.4, -0.2) is 4.21 Å². The van der Waals surface area contributed by atoms with Gasteiger partial charge in [0.05, 0.1) is 20.6 Å². The second kappa shape index (κ2) is 8.53. The van der Waals surface area contributed by atoms with Crippen LogP contribution in [0.4, 0.5) is 0 Å². The largest absolute Gasteiger partial charge is 0.249 e. The first-order chi connectivity index (χ1) is 15.4. The van der Waals surface area contributed by atoms with E-state index < -0.39 is 10.8 Å². The summed E-state index contributed by atoms with van der Waals surface area (Å²) < 4.78 is 23.3. The molecule has 8 heteroatoms. The molecule has 0 spiro atoms. The van der Waals surface area contributed by atoms with Gasteiger partial charge in [-0.2, -0.15) is 0 Å². The minimum Gasteiger partial charge on any atom is -0.249 e. The quantitative estimate of drug-likeness (QED) is 0.159. The Hall–Kier alpha value is -0.110. The van der Waals surface area contributed by atoms with Crippen LogP contribution in [0.25, 0.3) is 40.3 Å². The number of thiophene rings is 2. The molecule has 0 radical (unpaired) electrons. The van der Waals surface area contributed by atoms with E-state index in [0.717, 1.165) is 49.7 Å². The van der Waals surface area contributed by atoms with E-state index in [9.17, 15) is 4.21 Å². The van der Waals surface area contributed by atoms with E-state index in [1.807, 2.05) is 12.1 Å². The van der Waals surface area contributed by atoms with Crippen LogP contribution >= 0.6 is 99.7 Å². The number of halogens is 4. The summed E-state index contributed by atoms with van der Waals surface area (Å²) in [7, 11) is -1.35. The van der Waals surface area contributed by atoms with Crippen molar-refractivity contribution in [3.63, 3.8) is 0 Å². The van der Waals surface area contributed by atoms with Crippen LogP contribution in [0.3, 0.4) is 0 Å². The Balaban J connectivity index is 1.69. The molecule has 158 valence electrons. The van der Waals surface area contributed by atoms with Crippen molar-refractivity contribution in [3.8, 4) is 0 Å². The van der Waals surface area contributed by atoms with Gasteiger partial charge in [-0.3, -0.25) is 0 Å². The Morgan fingerprint density at radius 2 is 1.06 bits per heavy atom. The van der Waals surface area contributed by atoms with Gasteiger partial charge in [0.15, 0.2) is 0 Å². The maximum Gasteiger partial charge on any atom is 0.0864 e. The number of benzene rings is 4. The third kappa shape index (κ3) is 3.72. The van der Waals surface area contributed by atoms with Crippen molar-refractivity contribution in [3.05, 3.63) is 76.7 Å². The molecule has 0 aliphatic rings. The van der Waals surface area contributed by atoms with Gasteiger partial charge in [-0.25, -0.2) is 4.21 Å². The predicted octanol–water partition coefficient (Wildman–Crippen LogP) is 10.3. The van der Waals surface area contributed by atoms with Gasteiger partial charge in [-0.05, 0) is 93.7 Å². The molecule has 0 unspecified atom stereocenters. The predicted molar refractivity (Wildman–Crippen MR) is 164 cm³/mol. The summed E-state index contributed by atoms with van der Waals surface area (Å²) in [5.74, 6) is 0. The van der Waals surface area contributed by atoms with Gasteiger partial charge < -0.3 is 0 Å². The molecule has 6 rings (SSSR count). The molecule has 0 saturated carbocycles. The molecule has 2 aromatic heterocycles. The average molecular weight is 824 g/mol. The summed E-state index contributed by atoms with van der Waals surface area (Å²) in [5.41, 5.74) is 0. The smallest absolute Gasteiger partial charge is 0.0864 e. The maximum absolute atomic E-state index is 14.3. The van der Waals surface area contributed by atoms with Crippen molar-refractivity contribution in [2.45, 2.75) is 9.79 Å². The molecule has 0 fully saturated rings. The molecule has 6 aromatic rings. The summed E-state index contributed by atoms with van der Waals surface area (Å²) in [6.07, 6.45) is 0. The fourth-order valence-electron chi connectivity index (χ4n) is 4.03. The highest BCUT2D eigenvalue weighted by atomic mass is 127. The molecule has 4 aromatic carbocycles. The van der Waals surface area contributed by atoms with Gasteiger partial charge in [0.25, 0.3) is 0 Å². The molecule has 1 nitrogen and oxygen atoms in total. The zero-order valence-corrected chi connectivity index (χ0v) is 25.9. The van der Waals surface area contributed by atoms with Crippen molar-refractivity contribution in [1.29, 1.82) is 0 Å². The summed E-state index contributed by atoms with van der Waals surface area (Å²) >= 11 is 15.5. The van der Waals surface area contributed by atoms with Crippen LogP contribution in [0.2, 0.25) is 0 Å². The van der Waals surface area contributed by atoms with Crippen LogP contribution in [0, 0.1) is 7.14 Å². The van der Waals surface area contributed by atoms with E-state index in [4.69, 9.17) is 0 Å². The Labute approximate surface area is 238 Å². The van der Waals surface area contributed by atoms with E-state index in [1.165, 1.54) is 16.5 Å². The molecule has 0 saturated heterocycles. The maximum atomic E-state index is 14.3. The molecule has 2 heterocycles. The van der Waals surface area contributed by atoms with Gasteiger partial charge in [-0.15, -0.1) is 22.7 Å². The topological polar surface area (TPSA) is 17.1 Å². The first kappa shape index (κ1) is 22.4. The van der Waals surface area contributed by atoms with Crippen LogP contribution in [-0.2, 0) is 10.8 Å². The van der Waals surface area contributed by atoms with Gasteiger partial charge in [0, 0.05) is 56.4 Å². The number of hydrogen-bond donors (Lipinski definition) is 0. The van der Waals surface area contributed by atoms with Gasteiger partial charge >= 0.3 is 0 Å². The van der Waals surface area contributed by atoms with Gasteiger partial charge in [0.2, 0.25) is 0 Å². The lowest BCUT2D eigenvalue weighted by Gasteiger charge is -2.09. The highest BCUT2D eigenvalue weighted by molar-refractivity contribution is 14.1. The highest BCUT2D eigenvalue weighted by Gasteiger charge is 2.21. The minimum absolute atomic E-state index is 0.853. The van der Waals surface area contributed by atoms with E-state index in [0.29, 0.717) is 0 Å². The normalized spacial score (nSPS) is 12.2. The lowest BCUT2D eigenvalue weighted by Crippen LogP contribution is -1.95. The fraction of sp³-hybridized carbons (Fsp3) is 0. The Morgan fingerprint density at radius 1 is 0.625 bits per heavy atom. The molecule has 0 N–H and O–H groups in total. The lowest BCUT2D eigenvalue weighted by atomic mass is 10.1. The monoisotopic (exact) mass is 822 g/mol. The van der Waals surface area contributed by atoms with Crippen LogP contribution in [0.15, 0.2) is 79.4 Å². The SMILES string of the molecule is O=S(c1cc(Br)cc2sc3cc(I)ccc3c12)c1cc(Br)cc2sc3cc(I)ccc3c12. The first-order valence-corrected chi connectivity index (χ1v) is 16.0. The highest BCUT2D eigenvalue weighted by Crippen LogP contribution is 2.44. The van der Waals surface area contributed by atoms with E-state index in [2.05, 4.69) is 126 Å². The first-order valence-electron chi connectivity index (χ1n) is 9.43. The lowest BCUT2D eigenvalue weighted by molar-refractivity contribution is 0.684. The standard InChI is InChI=1S/C24H10Br2I2OS3/c25-11-5-19-23(15-3-1-13(27)9-17(15)30-19)21(7-11)32(29)22-8-12(26)6-20-24(22)16-4-2-14(28)10-18(16)31-20/h1-10H. The molecule has 0 amide bonds. The van der Waals surface area contributed by atoms with Crippen LogP contribution in [0.1, 0.15) is 0 Å². The Morgan fingerprint density at radius 3 is 1.50 bits per heavy atom. The molecular formula is C24H10Br2I2OS3. The second-order valence-corrected chi connectivity index (χ2v) is 15.2. The van der Waals surface area contributed by atoms with E-state index >= 15 is 0 Å². The molecule has 0 bridgehead atoms. The molecule has 0 atom stereocenters. The number of hydrogen-bond acceptors (Lipinski definition) is 3. The Bertz CT molecular complexity index is 1630. The van der Waals surface area contributed by atoms with Crippen LogP contribution in [0.5, 0.6) is 0 Å². The summed E-state index contributed by atoms with van der Waals surface area (Å²) in [6.45, 7) is 0. The van der Waals surface area contributed by atoms with Crippen molar-refractivity contribution < 1.29 is 4.21 Å². The number of fused-ring (bicyclic) bond motifs is 6. The van der Waals surface area contributed by atoms with Crippen molar-refractivity contribution in [2.75, 3.05) is 0 Å². The van der Waals surface area contributed by atoms with Crippen molar-refractivity contribution in [1.82, 2.24) is 0 Å². The summed E-state index contributed by atoms with van der Waals surface area (Å²) in [6, 6.07) is 21.3. The molecule has 32 heavy (non-hydrogen) atoms. The molecule has 0 aliphatic carbocycles. The van der Waals surface area contributed by atoms with Crippen molar-refractivity contribution in [2.24, 2.45) is 0 Å². The van der Waals surface area contributed by atoms with Gasteiger partial charge in [-0.1, -0.05) is 44.0 Å². The summed E-state index contributed by atoms with van der Waals surface area (Å²) in [4.78, 5) is 1.71. The fourth-order valence-corrected chi connectivity index (χ4v) is 11.0. The van der Waals surface area contributed by atoms with Crippen molar-refractivity contribution >= 4 is 151 Å². The van der Waals surface area contributed by atoms with E-state index in [-0.39, 0.29) is 0 Å². The number of rotatable bonds is 2. The second-order valence-electron chi connectivity index (χ2n) is 7.31. The third-order valence-corrected chi connectivity index (χ3v) is 11.2. The minimum atomic E-state index is -1.35. The molecular weight excluding hydrogens is 814 g/mol. The zero-order chi connectivity index (χ0) is 22.1. The summed E-state index contributed by atoms with van der Waals surface area (Å²) in [5, 5.41) is 4.50. The Kier molecular flexibility index (Phi) is 5.96. The third-order valence-electron chi connectivity index (χ3n) is 5.33. The van der Waals surface area contributed by atoms with Gasteiger partial charge in [0.1, 0.15) is 0 Å². The zero-order valence-electron chi connectivity index (χ0n) is 15.9. The van der Waals surface area contributed by atoms with Crippen LogP contribution < -0.4 is 0 Å². The molecule has 0 aliphatic heterocycles. The van der Waals surface area contributed by atoms with E-state index in [1.54, 1.807) is 22.7 Å². The average Bonchev–Trinajstić information content (AvgIpc) is 3.28.